The molecule has 0 saturated carbocycles. The highest BCUT2D eigenvalue weighted by Gasteiger charge is 2.38. The van der Waals surface area contributed by atoms with Gasteiger partial charge in [0.1, 0.15) is 5.69 Å². The first-order valence-corrected chi connectivity index (χ1v) is 5.61. The molecule has 118 valence electrons. The van der Waals surface area contributed by atoms with Gasteiger partial charge in [0.15, 0.2) is 5.75 Å². The van der Waals surface area contributed by atoms with Crippen molar-refractivity contribution in [2.24, 2.45) is 0 Å². The third-order valence-corrected chi connectivity index (χ3v) is 2.35. The van der Waals surface area contributed by atoms with Gasteiger partial charge in [0.2, 0.25) is 0 Å². The predicted molar refractivity (Wildman–Crippen MR) is 56.8 cm³/mol. The maximum absolute atomic E-state index is 12.6. The Kier molecular flexibility index (Phi) is 4.92. The van der Waals surface area contributed by atoms with E-state index in [4.69, 9.17) is 16.7 Å². The molecule has 11 heteroatoms. The van der Waals surface area contributed by atoms with E-state index in [1.807, 2.05) is 0 Å². The maximum atomic E-state index is 12.6. The van der Waals surface area contributed by atoms with E-state index >= 15 is 0 Å². The van der Waals surface area contributed by atoms with Crippen LogP contribution in [-0.2, 0) is 23.3 Å². The highest BCUT2D eigenvalue weighted by atomic mass is 35.5. The van der Waals surface area contributed by atoms with Crippen LogP contribution in [0.1, 0.15) is 17.0 Å². The summed E-state index contributed by atoms with van der Waals surface area (Å²) in [5.41, 5.74) is -3.22. The van der Waals surface area contributed by atoms with Crippen molar-refractivity contribution in [1.82, 2.24) is 4.98 Å². The third kappa shape index (κ3) is 4.96. The molecule has 0 atom stereocenters. The summed E-state index contributed by atoms with van der Waals surface area (Å²) < 4.78 is 78.0. The lowest BCUT2D eigenvalue weighted by Gasteiger charge is -2.17. The first kappa shape index (κ1) is 17.3. The predicted octanol–water partition coefficient (Wildman–Crippen LogP) is 3.36. The van der Waals surface area contributed by atoms with Crippen LogP contribution in [0.2, 0.25) is 0 Å². The van der Waals surface area contributed by atoms with Gasteiger partial charge in [-0.3, -0.25) is 4.79 Å². The number of carbonyl (C=O) groups is 1. The van der Waals surface area contributed by atoms with Crippen LogP contribution in [0.4, 0.5) is 26.3 Å². The van der Waals surface area contributed by atoms with Crippen molar-refractivity contribution in [3.63, 3.8) is 0 Å². The number of ether oxygens (including phenoxy) is 1. The van der Waals surface area contributed by atoms with Gasteiger partial charge in [-0.2, -0.15) is 13.2 Å². The van der Waals surface area contributed by atoms with E-state index in [0.29, 0.717) is 0 Å². The minimum absolute atomic E-state index is 0.186. The van der Waals surface area contributed by atoms with E-state index in [1.165, 1.54) is 0 Å². The normalized spacial score (nSPS) is 12.3. The van der Waals surface area contributed by atoms with Crippen LogP contribution >= 0.6 is 11.6 Å². The fraction of sp³-hybridized carbons (Fsp3) is 0.400. The van der Waals surface area contributed by atoms with E-state index in [0.717, 1.165) is 0 Å². The fourth-order valence-electron chi connectivity index (χ4n) is 1.41. The van der Waals surface area contributed by atoms with Crippen molar-refractivity contribution in [1.29, 1.82) is 0 Å². The summed E-state index contributed by atoms with van der Waals surface area (Å²) in [6, 6.07) is 0.186. The van der Waals surface area contributed by atoms with Gasteiger partial charge in [-0.15, -0.1) is 24.8 Å². The van der Waals surface area contributed by atoms with Gasteiger partial charge in [-0.1, -0.05) is 0 Å². The average Bonchev–Trinajstić information content (AvgIpc) is 2.27. The lowest BCUT2D eigenvalue weighted by molar-refractivity contribution is -0.275. The number of nitrogens with zero attached hydrogens (tertiary/aromatic N) is 1. The van der Waals surface area contributed by atoms with Crippen LogP contribution in [-0.4, -0.2) is 22.4 Å². The standard InChI is InChI=1S/C10H6ClF6NO3/c11-3-5-8(21-10(15,16)17)4(2-7(19)20)1-6(18-5)9(12,13)14/h1H,2-3H2,(H,19,20). The Hall–Kier alpha value is -1.71. The summed E-state index contributed by atoms with van der Waals surface area (Å²) in [5, 5.41) is 8.58. The lowest BCUT2D eigenvalue weighted by atomic mass is 10.1. The number of halogens is 7. The molecular formula is C10H6ClF6NO3. The van der Waals surface area contributed by atoms with Crippen molar-refractivity contribution in [2.45, 2.75) is 24.8 Å². The molecule has 4 nitrogen and oxygen atoms in total. The van der Waals surface area contributed by atoms with Crippen molar-refractivity contribution in [2.75, 3.05) is 0 Å². The van der Waals surface area contributed by atoms with E-state index in [-0.39, 0.29) is 6.07 Å². The van der Waals surface area contributed by atoms with Crippen molar-refractivity contribution >= 4 is 17.6 Å². The molecule has 0 radical (unpaired) electrons. The summed E-state index contributed by atoms with van der Waals surface area (Å²) in [6.07, 6.45) is -11.3. The zero-order valence-corrected chi connectivity index (χ0v) is 10.6. The number of rotatable bonds is 4. The summed E-state index contributed by atoms with van der Waals surface area (Å²) in [6.45, 7) is 0. The summed E-state index contributed by atoms with van der Waals surface area (Å²) >= 11 is 5.27. The number of hydrogen-bond donors (Lipinski definition) is 1. The molecule has 0 aromatic carbocycles. The Morgan fingerprint density at radius 3 is 2.24 bits per heavy atom. The quantitative estimate of drug-likeness (QED) is 0.676. The second-order valence-corrected chi connectivity index (χ2v) is 3.96. The van der Waals surface area contributed by atoms with E-state index < -0.39 is 53.5 Å². The number of aromatic nitrogens is 1. The molecule has 0 aliphatic heterocycles. The molecule has 0 amide bonds. The van der Waals surface area contributed by atoms with Crippen LogP contribution < -0.4 is 4.74 Å². The monoisotopic (exact) mass is 337 g/mol. The number of carboxylic acids is 1. The molecule has 0 fully saturated rings. The molecule has 0 aliphatic carbocycles. The number of aliphatic carboxylic acids is 1. The maximum Gasteiger partial charge on any atom is 0.573 e. The van der Waals surface area contributed by atoms with Crippen LogP contribution in [0.3, 0.4) is 0 Å². The van der Waals surface area contributed by atoms with Gasteiger partial charge in [0, 0.05) is 5.56 Å². The fourth-order valence-corrected chi connectivity index (χ4v) is 1.60. The first-order valence-electron chi connectivity index (χ1n) is 5.07. The topological polar surface area (TPSA) is 59.4 Å². The zero-order chi connectivity index (χ0) is 16.4. The molecule has 1 rings (SSSR count). The molecule has 0 aliphatic rings. The highest BCUT2D eigenvalue weighted by Crippen LogP contribution is 2.36. The lowest BCUT2D eigenvalue weighted by Crippen LogP contribution is -2.21. The molecule has 1 aromatic rings. The Morgan fingerprint density at radius 2 is 1.86 bits per heavy atom. The van der Waals surface area contributed by atoms with Crippen molar-refractivity contribution < 1.29 is 41.0 Å². The van der Waals surface area contributed by atoms with Crippen molar-refractivity contribution in [3.8, 4) is 5.75 Å². The second-order valence-electron chi connectivity index (χ2n) is 3.69. The van der Waals surface area contributed by atoms with Crippen molar-refractivity contribution in [3.05, 3.63) is 23.0 Å². The SMILES string of the molecule is O=C(O)Cc1cc(C(F)(F)F)nc(CCl)c1OC(F)(F)F. The molecule has 0 saturated heterocycles. The Labute approximate surface area is 118 Å². The molecule has 21 heavy (non-hydrogen) atoms. The van der Waals surface area contributed by atoms with Gasteiger partial charge in [0.05, 0.1) is 18.0 Å². The first-order chi connectivity index (χ1) is 9.44. The Morgan fingerprint density at radius 1 is 1.29 bits per heavy atom. The number of hydrogen-bond acceptors (Lipinski definition) is 3. The van der Waals surface area contributed by atoms with Gasteiger partial charge < -0.3 is 9.84 Å². The van der Waals surface area contributed by atoms with Gasteiger partial charge in [-0.25, -0.2) is 4.98 Å². The second kappa shape index (κ2) is 5.96. The minimum atomic E-state index is -5.23. The van der Waals surface area contributed by atoms with Crippen LogP contribution in [0, 0.1) is 0 Å². The largest absolute Gasteiger partial charge is 0.573 e. The zero-order valence-electron chi connectivity index (χ0n) is 9.85. The molecule has 1 heterocycles. The van der Waals surface area contributed by atoms with Crippen LogP contribution in [0.5, 0.6) is 5.75 Å². The number of pyridine rings is 1. The molecule has 0 bridgehead atoms. The summed E-state index contributed by atoms with van der Waals surface area (Å²) in [7, 11) is 0. The van der Waals surface area contributed by atoms with E-state index in [9.17, 15) is 31.1 Å². The van der Waals surface area contributed by atoms with E-state index in [2.05, 4.69) is 9.72 Å². The van der Waals surface area contributed by atoms with Gasteiger partial charge in [0.25, 0.3) is 0 Å². The van der Waals surface area contributed by atoms with Gasteiger partial charge in [-0.05, 0) is 6.07 Å². The minimum Gasteiger partial charge on any atom is -0.481 e. The number of alkyl halides is 7. The highest BCUT2D eigenvalue weighted by molar-refractivity contribution is 6.17. The molecule has 0 unspecified atom stereocenters. The van der Waals surface area contributed by atoms with Gasteiger partial charge >= 0.3 is 18.5 Å². The molecule has 1 aromatic heterocycles. The summed E-state index contributed by atoms with van der Waals surface area (Å²) in [4.78, 5) is 13.5. The Balaban J connectivity index is 3.47. The number of carboxylic acid groups (broad SMARTS) is 1. The van der Waals surface area contributed by atoms with E-state index in [1.54, 1.807) is 0 Å². The molecule has 0 spiro atoms. The average molecular weight is 338 g/mol. The van der Waals surface area contributed by atoms with Crippen LogP contribution in [0.25, 0.3) is 0 Å². The third-order valence-electron chi connectivity index (χ3n) is 2.10. The molecule has 1 N–H and O–H groups in total. The molecular weight excluding hydrogens is 332 g/mol. The van der Waals surface area contributed by atoms with Crippen LogP contribution in [0.15, 0.2) is 6.07 Å². The smallest absolute Gasteiger partial charge is 0.481 e. The summed E-state index contributed by atoms with van der Waals surface area (Å²) in [5.74, 6) is -3.59. The Bertz CT molecular complexity index is 543.